The quantitative estimate of drug-likeness (QED) is 0.200. The predicted octanol–water partition coefficient (Wildman–Crippen LogP) is 7.46. The van der Waals surface area contributed by atoms with E-state index < -0.39 is 34.0 Å². The molecule has 0 fully saturated rings. The van der Waals surface area contributed by atoms with Gasteiger partial charge < -0.3 is 4.74 Å². The summed E-state index contributed by atoms with van der Waals surface area (Å²) >= 11 is 5.96. The molecule has 0 bridgehead atoms. The van der Waals surface area contributed by atoms with E-state index in [4.69, 9.17) is 16.3 Å². The topological polar surface area (TPSA) is 65.4 Å². The molecule has 1 heterocycles. The summed E-state index contributed by atoms with van der Waals surface area (Å²) in [6.45, 7) is 6.57. The number of carbonyl (C=O) groups is 1. The third kappa shape index (κ3) is 4.79. The number of halogens is 3. The van der Waals surface area contributed by atoms with E-state index in [1.165, 1.54) is 30.5 Å². The first-order valence-corrected chi connectivity index (χ1v) is 13.9. The maximum Gasteiger partial charge on any atom is 0.268 e. The van der Waals surface area contributed by atoms with E-state index >= 15 is 0 Å². The van der Waals surface area contributed by atoms with Crippen molar-refractivity contribution < 1.29 is 26.7 Å². The molecule has 0 N–H and O–H groups in total. The zero-order chi connectivity index (χ0) is 28.2. The Bertz CT molecular complexity index is 1910. The van der Waals surface area contributed by atoms with Gasteiger partial charge in [-0.15, -0.1) is 0 Å². The molecule has 0 spiro atoms. The summed E-state index contributed by atoms with van der Waals surface area (Å²) in [4.78, 5) is 13.4. The summed E-state index contributed by atoms with van der Waals surface area (Å²) < 4.78 is 63.1. The molecule has 4 aromatic carbocycles. The fourth-order valence-corrected chi connectivity index (χ4v) is 7.06. The van der Waals surface area contributed by atoms with Crippen LogP contribution in [0.4, 0.5) is 8.78 Å². The summed E-state index contributed by atoms with van der Waals surface area (Å²) in [5.41, 5.74) is 2.76. The van der Waals surface area contributed by atoms with Gasteiger partial charge in [-0.3, -0.25) is 4.79 Å². The molecule has 5 nitrogen and oxygen atoms in total. The number of aromatic nitrogens is 1. The highest BCUT2D eigenvalue weighted by molar-refractivity contribution is 7.90. The predicted molar refractivity (Wildman–Crippen MR) is 149 cm³/mol. The first-order valence-electron chi connectivity index (χ1n) is 12.1. The number of hydrogen-bond acceptors (Lipinski definition) is 4. The fourth-order valence-electron chi connectivity index (χ4n) is 5.07. The maximum atomic E-state index is 14.5. The first-order chi connectivity index (χ1) is 18.4. The number of hydrogen-bond donors (Lipinski definition) is 0. The van der Waals surface area contributed by atoms with Gasteiger partial charge in [0.05, 0.1) is 10.4 Å². The molecule has 0 aliphatic rings. The van der Waals surface area contributed by atoms with Gasteiger partial charge >= 0.3 is 0 Å². The van der Waals surface area contributed by atoms with Gasteiger partial charge in [0, 0.05) is 27.6 Å². The van der Waals surface area contributed by atoms with Crippen molar-refractivity contribution >= 4 is 49.1 Å². The zero-order valence-corrected chi connectivity index (χ0v) is 23.2. The molecule has 0 saturated heterocycles. The molecule has 0 aliphatic carbocycles. The fraction of sp³-hybridized carbons (Fsp3) is 0.167. The average molecular weight is 568 g/mol. The van der Waals surface area contributed by atoms with E-state index in [-0.39, 0.29) is 31.8 Å². The van der Waals surface area contributed by atoms with E-state index in [2.05, 4.69) is 0 Å². The summed E-state index contributed by atoms with van der Waals surface area (Å²) in [5, 5.41) is 1.41. The van der Waals surface area contributed by atoms with Crippen molar-refractivity contribution in [1.82, 2.24) is 3.97 Å². The van der Waals surface area contributed by atoms with Crippen LogP contribution in [0.15, 0.2) is 65.7 Å². The van der Waals surface area contributed by atoms with Crippen LogP contribution in [0.25, 0.3) is 21.7 Å². The van der Waals surface area contributed by atoms with Crippen LogP contribution in [0.5, 0.6) is 5.75 Å². The van der Waals surface area contributed by atoms with E-state index in [9.17, 15) is 22.0 Å². The standard InChI is InChI=1S/C30H24ClF2NO4S/c1-16-7-18(3)30(19(4)8-16)39(36,37)34-14-25(23-6-5-22(32)12-27(23)34)28(35)15-38-29-13-24-20(9-17(29)2)10-21(31)11-26(24)33/h5-14H,15H2,1-4H3. The minimum Gasteiger partial charge on any atom is -0.485 e. The third-order valence-electron chi connectivity index (χ3n) is 6.68. The van der Waals surface area contributed by atoms with Gasteiger partial charge in [-0.2, -0.15) is 0 Å². The normalized spacial score (nSPS) is 11.9. The Morgan fingerprint density at radius 3 is 2.28 bits per heavy atom. The van der Waals surface area contributed by atoms with Crippen LogP contribution in [0.3, 0.4) is 0 Å². The number of Topliss-reactive ketones (excluding diaryl/α,β-unsaturated/α-hetero) is 1. The highest BCUT2D eigenvalue weighted by Gasteiger charge is 2.27. The molecular weight excluding hydrogens is 544 g/mol. The molecule has 200 valence electrons. The van der Waals surface area contributed by atoms with Crippen LogP contribution in [0.1, 0.15) is 32.6 Å². The van der Waals surface area contributed by atoms with E-state index in [1.807, 2.05) is 6.92 Å². The van der Waals surface area contributed by atoms with Crippen molar-refractivity contribution in [2.45, 2.75) is 32.6 Å². The van der Waals surface area contributed by atoms with Gasteiger partial charge in [0.1, 0.15) is 17.4 Å². The van der Waals surface area contributed by atoms with Crippen molar-refractivity contribution in [3.63, 3.8) is 0 Å². The van der Waals surface area contributed by atoms with Crippen molar-refractivity contribution in [1.29, 1.82) is 0 Å². The number of ketones is 1. The van der Waals surface area contributed by atoms with Crippen molar-refractivity contribution in [2.75, 3.05) is 6.61 Å². The van der Waals surface area contributed by atoms with E-state index in [0.717, 1.165) is 15.6 Å². The Morgan fingerprint density at radius 1 is 0.897 bits per heavy atom. The molecule has 0 unspecified atom stereocenters. The van der Waals surface area contributed by atoms with Crippen LogP contribution in [-0.4, -0.2) is 24.8 Å². The maximum absolute atomic E-state index is 14.5. The van der Waals surface area contributed by atoms with Crippen molar-refractivity contribution in [3.8, 4) is 5.75 Å². The lowest BCUT2D eigenvalue weighted by atomic mass is 10.1. The molecule has 0 saturated carbocycles. The van der Waals surface area contributed by atoms with Crippen LogP contribution in [0.2, 0.25) is 5.02 Å². The highest BCUT2D eigenvalue weighted by atomic mass is 35.5. The number of aryl methyl sites for hydroxylation is 4. The average Bonchev–Trinajstić information content (AvgIpc) is 3.21. The van der Waals surface area contributed by atoms with E-state index in [0.29, 0.717) is 27.8 Å². The number of nitrogens with zero attached hydrogens (tertiary/aromatic N) is 1. The minimum atomic E-state index is -4.18. The Labute approximate surface area is 229 Å². The lowest BCUT2D eigenvalue weighted by Crippen LogP contribution is -2.16. The van der Waals surface area contributed by atoms with Crippen LogP contribution >= 0.6 is 11.6 Å². The molecule has 0 amide bonds. The van der Waals surface area contributed by atoms with Gasteiger partial charge in [0.25, 0.3) is 10.0 Å². The molecule has 1 aromatic heterocycles. The molecule has 5 rings (SSSR count). The summed E-state index contributed by atoms with van der Waals surface area (Å²) in [6.07, 6.45) is 1.21. The second-order valence-electron chi connectivity index (χ2n) is 9.67. The lowest BCUT2D eigenvalue weighted by Gasteiger charge is -2.14. The van der Waals surface area contributed by atoms with Crippen molar-refractivity contribution in [3.05, 3.63) is 105 Å². The molecule has 0 atom stereocenters. The number of fused-ring (bicyclic) bond motifs is 2. The zero-order valence-electron chi connectivity index (χ0n) is 21.6. The van der Waals surface area contributed by atoms with Crippen LogP contribution in [-0.2, 0) is 10.0 Å². The molecule has 9 heteroatoms. The Hall–Kier alpha value is -3.75. The molecule has 39 heavy (non-hydrogen) atoms. The second-order valence-corrected chi connectivity index (χ2v) is 11.9. The Morgan fingerprint density at radius 2 is 1.59 bits per heavy atom. The SMILES string of the molecule is Cc1cc(C)c(S(=O)(=O)n2cc(C(=O)COc3cc4c(F)cc(Cl)cc4cc3C)c3ccc(F)cc32)c(C)c1. The van der Waals surface area contributed by atoms with Gasteiger partial charge in [-0.05, 0) is 92.2 Å². The molecular formula is C30H24ClF2NO4S. The van der Waals surface area contributed by atoms with Gasteiger partial charge in [0.2, 0.25) is 5.78 Å². The largest absolute Gasteiger partial charge is 0.485 e. The minimum absolute atomic E-state index is 0.0403. The first kappa shape index (κ1) is 26.8. The number of ether oxygens (including phenoxy) is 1. The molecule has 5 aromatic rings. The van der Waals surface area contributed by atoms with Gasteiger partial charge in [0.15, 0.2) is 6.61 Å². The number of benzene rings is 4. The number of rotatable bonds is 6. The van der Waals surface area contributed by atoms with Gasteiger partial charge in [-0.25, -0.2) is 21.2 Å². The van der Waals surface area contributed by atoms with Crippen molar-refractivity contribution in [2.24, 2.45) is 0 Å². The Kier molecular flexibility index (Phi) is 6.73. The Balaban J connectivity index is 1.55. The lowest BCUT2D eigenvalue weighted by molar-refractivity contribution is 0.0923. The monoisotopic (exact) mass is 567 g/mol. The second kappa shape index (κ2) is 9.77. The number of carbonyl (C=O) groups excluding carboxylic acids is 1. The van der Waals surface area contributed by atoms with E-state index in [1.54, 1.807) is 45.0 Å². The van der Waals surface area contributed by atoms with Crippen LogP contribution in [0, 0.1) is 39.3 Å². The molecule has 0 radical (unpaired) electrons. The molecule has 0 aliphatic heterocycles. The third-order valence-corrected chi connectivity index (χ3v) is 8.87. The van der Waals surface area contributed by atoms with Gasteiger partial charge in [-0.1, -0.05) is 29.3 Å². The smallest absolute Gasteiger partial charge is 0.268 e. The van der Waals surface area contributed by atoms with Crippen LogP contribution < -0.4 is 4.74 Å². The summed E-state index contributed by atoms with van der Waals surface area (Å²) in [5.74, 6) is -1.39. The summed E-state index contributed by atoms with van der Waals surface area (Å²) in [6, 6.07) is 13.2. The summed E-state index contributed by atoms with van der Waals surface area (Å²) in [7, 11) is -4.18. The highest BCUT2D eigenvalue weighted by Crippen LogP contribution is 2.32.